The van der Waals surface area contributed by atoms with Gasteiger partial charge in [-0.05, 0) is 46.5 Å². The molecule has 10 rings (SSSR count). The van der Waals surface area contributed by atoms with E-state index in [9.17, 15) is 0 Å². The quantitative estimate of drug-likeness (QED) is 0.188. The van der Waals surface area contributed by atoms with Gasteiger partial charge in [0.05, 0.1) is 11.0 Å². The van der Waals surface area contributed by atoms with Crippen molar-refractivity contribution in [2.45, 2.75) is 0 Å². The van der Waals surface area contributed by atoms with Crippen molar-refractivity contribution in [3.8, 4) is 51.0 Å². The Kier molecular flexibility index (Phi) is 6.42. The third kappa shape index (κ3) is 4.67. The van der Waals surface area contributed by atoms with E-state index in [0.29, 0.717) is 17.6 Å². The average Bonchev–Trinajstić information content (AvgIpc) is 3.72. The van der Waals surface area contributed by atoms with Gasteiger partial charge in [-0.1, -0.05) is 140 Å². The molecule has 0 aliphatic rings. The number of aromatic nitrogens is 4. The molecule has 0 fully saturated rings. The Morgan fingerprint density at radius 3 is 1.56 bits per heavy atom. The maximum atomic E-state index is 6.51. The average molecular weight is 641 g/mol. The summed E-state index contributed by atoms with van der Waals surface area (Å²) >= 11 is 0. The molecule has 0 bridgehead atoms. The van der Waals surface area contributed by atoms with Crippen LogP contribution >= 0.6 is 0 Å². The molecule has 0 N–H and O–H groups in total. The summed E-state index contributed by atoms with van der Waals surface area (Å²) < 4.78 is 8.65. The minimum Gasteiger partial charge on any atom is -0.456 e. The summed E-state index contributed by atoms with van der Waals surface area (Å²) in [4.78, 5) is 15.3. The van der Waals surface area contributed by atoms with Gasteiger partial charge in [-0.2, -0.15) is 9.97 Å². The minimum atomic E-state index is 0.550. The lowest BCUT2D eigenvalue weighted by Gasteiger charge is -2.11. The van der Waals surface area contributed by atoms with Crippen LogP contribution in [0.5, 0.6) is 0 Å². The van der Waals surface area contributed by atoms with Crippen molar-refractivity contribution in [3.63, 3.8) is 0 Å². The number of para-hydroxylation sites is 1. The summed E-state index contributed by atoms with van der Waals surface area (Å²) in [6, 6.07) is 58.6. The first kappa shape index (κ1) is 28.2. The highest BCUT2D eigenvalue weighted by molar-refractivity contribution is 6.17. The standard InChI is InChI=1S/C45H28N4O/c1-4-12-29(13-5-1)31-20-22-33(23-21-31)44-46-43(32-16-8-3-9-17-32)47-45(48-44)49-39-19-11-10-18-35(39)36-27-38-37-26-34(30-14-6-2-7-15-30)24-25-41(37)50-42(38)28-40(36)49/h1-28H. The topological polar surface area (TPSA) is 56.7 Å². The van der Waals surface area contributed by atoms with Crippen LogP contribution in [0.2, 0.25) is 0 Å². The molecular formula is C45H28N4O. The number of nitrogens with zero attached hydrogens (tertiary/aromatic N) is 4. The van der Waals surface area contributed by atoms with Crippen molar-refractivity contribution >= 4 is 43.7 Å². The lowest BCUT2D eigenvalue weighted by atomic mass is 10.0. The number of rotatable bonds is 5. The van der Waals surface area contributed by atoms with Crippen molar-refractivity contribution in [3.05, 3.63) is 170 Å². The number of benzene rings is 7. The van der Waals surface area contributed by atoms with E-state index >= 15 is 0 Å². The van der Waals surface area contributed by atoms with Crippen molar-refractivity contribution in [1.29, 1.82) is 0 Å². The van der Waals surface area contributed by atoms with Crippen LogP contribution in [-0.2, 0) is 0 Å². The van der Waals surface area contributed by atoms with Crippen LogP contribution in [-0.4, -0.2) is 19.5 Å². The second-order valence-electron chi connectivity index (χ2n) is 12.5. The van der Waals surface area contributed by atoms with Crippen LogP contribution < -0.4 is 0 Å². The van der Waals surface area contributed by atoms with Crippen molar-refractivity contribution in [1.82, 2.24) is 19.5 Å². The first-order valence-corrected chi connectivity index (χ1v) is 16.7. The second-order valence-corrected chi connectivity index (χ2v) is 12.5. The Morgan fingerprint density at radius 1 is 0.340 bits per heavy atom. The zero-order chi connectivity index (χ0) is 33.0. The summed E-state index contributed by atoms with van der Waals surface area (Å²) in [6.07, 6.45) is 0. The normalized spacial score (nSPS) is 11.6. The highest BCUT2D eigenvalue weighted by Gasteiger charge is 2.20. The molecule has 5 heteroatoms. The monoisotopic (exact) mass is 640 g/mol. The van der Waals surface area contributed by atoms with Gasteiger partial charge in [-0.15, -0.1) is 0 Å². The largest absolute Gasteiger partial charge is 0.456 e. The summed E-state index contributed by atoms with van der Waals surface area (Å²) in [7, 11) is 0. The molecule has 3 heterocycles. The Morgan fingerprint density at radius 2 is 0.860 bits per heavy atom. The first-order chi connectivity index (χ1) is 24.8. The maximum absolute atomic E-state index is 6.51. The molecule has 5 nitrogen and oxygen atoms in total. The summed E-state index contributed by atoms with van der Waals surface area (Å²) in [5.74, 6) is 1.77. The highest BCUT2D eigenvalue weighted by atomic mass is 16.3. The maximum Gasteiger partial charge on any atom is 0.238 e. The smallest absolute Gasteiger partial charge is 0.238 e. The molecule has 0 aliphatic carbocycles. The third-order valence-electron chi connectivity index (χ3n) is 9.48. The van der Waals surface area contributed by atoms with Gasteiger partial charge in [-0.3, -0.25) is 4.57 Å². The number of hydrogen-bond donors (Lipinski definition) is 0. The van der Waals surface area contributed by atoms with Crippen LogP contribution in [0.15, 0.2) is 174 Å². The molecule has 234 valence electrons. The van der Waals surface area contributed by atoms with Gasteiger partial charge in [-0.25, -0.2) is 4.98 Å². The van der Waals surface area contributed by atoms with Gasteiger partial charge in [0.25, 0.3) is 0 Å². The SMILES string of the molecule is c1ccc(-c2ccc(-c3nc(-c4ccccc4)nc(-n4c5ccccc5c5cc6c(cc54)oc4ccc(-c5ccccc5)cc46)n3)cc2)cc1. The van der Waals surface area contributed by atoms with Crippen LogP contribution in [0.1, 0.15) is 0 Å². The van der Waals surface area contributed by atoms with E-state index in [1.165, 1.54) is 11.1 Å². The molecule has 0 saturated carbocycles. The van der Waals surface area contributed by atoms with Gasteiger partial charge in [0.1, 0.15) is 11.2 Å². The van der Waals surface area contributed by atoms with Crippen LogP contribution in [0.3, 0.4) is 0 Å². The molecule has 0 unspecified atom stereocenters. The molecule has 0 spiro atoms. The van der Waals surface area contributed by atoms with E-state index in [2.05, 4.69) is 132 Å². The van der Waals surface area contributed by atoms with E-state index in [1.54, 1.807) is 0 Å². The van der Waals surface area contributed by atoms with Crippen molar-refractivity contribution in [2.75, 3.05) is 0 Å². The number of hydrogen-bond acceptors (Lipinski definition) is 4. The predicted molar refractivity (Wildman–Crippen MR) is 203 cm³/mol. The molecule has 0 atom stereocenters. The van der Waals surface area contributed by atoms with Crippen LogP contribution in [0.4, 0.5) is 0 Å². The van der Waals surface area contributed by atoms with Gasteiger partial charge >= 0.3 is 0 Å². The van der Waals surface area contributed by atoms with Crippen LogP contribution in [0, 0.1) is 0 Å². The van der Waals surface area contributed by atoms with Crippen molar-refractivity contribution < 1.29 is 4.42 Å². The molecule has 0 amide bonds. The molecule has 50 heavy (non-hydrogen) atoms. The summed E-state index contributed by atoms with van der Waals surface area (Å²) in [6.45, 7) is 0. The Labute approximate surface area is 287 Å². The molecule has 0 aliphatic heterocycles. The fourth-order valence-electron chi connectivity index (χ4n) is 7.02. The Bertz CT molecular complexity index is 2840. The second kappa shape index (κ2) is 11.4. The number of fused-ring (bicyclic) bond motifs is 6. The highest BCUT2D eigenvalue weighted by Crippen LogP contribution is 2.39. The van der Waals surface area contributed by atoms with E-state index in [4.69, 9.17) is 19.4 Å². The van der Waals surface area contributed by atoms with E-state index in [-0.39, 0.29) is 0 Å². The fraction of sp³-hybridized carbons (Fsp3) is 0. The Balaban J connectivity index is 1.19. The first-order valence-electron chi connectivity index (χ1n) is 16.7. The third-order valence-corrected chi connectivity index (χ3v) is 9.48. The van der Waals surface area contributed by atoms with Gasteiger partial charge in [0.15, 0.2) is 11.6 Å². The van der Waals surface area contributed by atoms with Gasteiger partial charge in [0, 0.05) is 38.7 Å². The van der Waals surface area contributed by atoms with E-state index in [0.717, 1.165) is 66.0 Å². The molecular weight excluding hydrogens is 613 g/mol. The summed E-state index contributed by atoms with van der Waals surface area (Å²) in [5.41, 5.74) is 10.1. The number of furan rings is 1. The lowest BCUT2D eigenvalue weighted by molar-refractivity contribution is 0.669. The van der Waals surface area contributed by atoms with Crippen LogP contribution in [0.25, 0.3) is 94.7 Å². The van der Waals surface area contributed by atoms with Gasteiger partial charge < -0.3 is 4.42 Å². The van der Waals surface area contributed by atoms with Crippen molar-refractivity contribution in [2.24, 2.45) is 0 Å². The van der Waals surface area contributed by atoms with E-state index in [1.807, 2.05) is 42.5 Å². The molecule has 3 aromatic heterocycles. The zero-order valence-electron chi connectivity index (χ0n) is 26.9. The molecule has 0 saturated heterocycles. The van der Waals surface area contributed by atoms with Gasteiger partial charge in [0.2, 0.25) is 5.95 Å². The minimum absolute atomic E-state index is 0.550. The Hall–Kier alpha value is -6.85. The van der Waals surface area contributed by atoms with E-state index < -0.39 is 0 Å². The summed E-state index contributed by atoms with van der Waals surface area (Å²) in [5, 5.41) is 4.39. The lowest BCUT2D eigenvalue weighted by Crippen LogP contribution is -2.06. The predicted octanol–water partition coefficient (Wildman–Crippen LogP) is 11.5. The zero-order valence-corrected chi connectivity index (χ0v) is 26.9. The molecule has 10 aromatic rings. The molecule has 7 aromatic carbocycles. The molecule has 0 radical (unpaired) electrons. The fourth-order valence-corrected chi connectivity index (χ4v) is 7.02.